The molecule has 46 heavy (non-hydrogen) atoms. The van der Waals surface area contributed by atoms with Gasteiger partial charge in [0.2, 0.25) is 11.7 Å². The topological polar surface area (TPSA) is 119 Å². The highest BCUT2D eigenvalue weighted by Crippen LogP contribution is 2.43. The predicted octanol–water partition coefficient (Wildman–Crippen LogP) is 7.24. The normalized spacial score (nSPS) is 17.2. The van der Waals surface area contributed by atoms with Gasteiger partial charge in [-0.3, -0.25) is 0 Å². The zero-order valence-electron chi connectivity index (χ0n) is 25.3. The number of benzene rings is 2. The number of thiophene rings is 1. The second kappa shape index (κ2) is 13.5. The first kappa shape index (κ1) is 33.0. The number of fused-ring (bicyclic) bond motifs is 1. The van der Waals surface area contributed by atoms with Crippen molar-refractivity contribution < 1.29 is 41.1 Å². The van der Waals surface area contributed by atoms with Crippen LogP contribution >= 0.6 is 11.3 Å². The third-order valence-corrected chi connectivity index (χ3v) is 8.27. The second-order valence-electron chi connectivity index (χ2n) is 11.8. The molecule has 2 amide bonds. The molecule has 4 aromatic rings. The molecule has 2 atom stereocenters. The van der Waals surface area contributed by atoms with Crippen molar-refractivity contribution in [3.05, 3.63) is 65.5 Å². The van der Waals surface area contributed by atoms with Crippen molar-refractivity contribution in [2.45, 2.75) is 70.8 Å². The van der Waals surface area contributed by atoms with E-state index in [1.165, 1.54) is 4.90 Å². The molecule has 0 spiro atoms. The Morgan fingerprint density at radius 1 is 1.11 bits per heavy atom. The fourth-order valence-corrected chi connectivity index (χ4v) is 6.16. The number of rotatable bonds is 8. The lowest BCUT2D eigenvalue weighted by molar-refractivity contribution is -0.126. The van der Waals surface area contributed by atoms with Gasteiger partial charge >= 0.3 is 18.4 Å². The van der Waals surface area contributed by atoms with Crippen LogP contribution in [0.2, 0.25) is 0 Å². The minimum atomic E-state index is -4.54. The maximum atomic E-state index is 15.3. The number of alkyl carbamates (subject to hydrolysis) is 1. The van der Waals surface area contributed by atoms with Gasteiger partial charge in [-0.2, -0.15) is 18.2 Å². The number of piperidine rings is 1. The number of anilines is 1. The molecule has 2 aromatic carbocycles. The number of amides is 2. The van der Waals surface area contributed by atoms with Crippen LogP contribution in [-0.2, 0) is 29.0 Å². The lowest BCUT2D eigenvalue weighted by Crippen LogP contribution is -2.51. The molecule has 2 aromatic heterocycles. The Kier molecular flexibility index (Phi) is 9.70. The monoisotopic (exact) mass is 663 g/mol. The molecule has 1 aliphatic heterocycles. The number of hydrogen-bond donors (Lipinski definition) is 2. The van der Waals surface area contributed by atoms with Gasteiger partial charge in [0, 0.05) is 6.54 Å². The molecular weight excluding hydrogens is 630 g/mol. The Labute approximate surface area is 266 Å². The molecule has 1 aliphatic rings. The average molecular weight is 664 g/mol. The number of carbonyl (C=O) groups excluding carboxylic acids is 2. The first-order chi connectivity index (χ1) is 21.8. The Balaban J connectivity index is 1.31. The zero-order chi connectivity index (χ0) is 33.1. The van der Waals surface area contributed by atoms with Crippen molar-refractivity contribution in [3.63, 3.8) is 0 Å². The Morgan fingerprint density at radius 3 is 2.57 bits per heavy atom. The highest BCUT2D eigenvalue weighted by Gasteiger charge is 2.35. The summed E-state index contributed by atoms with van der Waals surface area (Å²) in [6.45, 7) is 5.09. The molecule has 2 N–H and O–H groups in total. The standard InChI is InChI=1S/C31H33F4N5O5S/c1-30(2,3)44-29(42)40-13-12-22(21(32)16-40)37-23-11-7-10-19-20(14-31(33,34)35)26(46-25(19)23)27-38-24(45-39-27)15-36-28(41)43-17-18-8-5-4-6-9-18/h4-11,21-22,37H,12-17H2,1-3H3,(H,36,41)/t21-,22+/m0/s1. The van der Waals surface area contributed by atoms with Crippen molar-refractivity contribution in [1.29, 1.82) is 0 Å². The van der Waals surface area contributed by atoms with E-state index in [1.807, 2.05) is 18.2 Å². The van der Waals surface area contributed by atoms with Gasteiger partial charge in [0.25, 0.3) is 0 Å². The molecule has 5 rings (SSSR count). The second-order valence-corrected chi connectivity index (χ2v) is 12.8. The van der Waals surface area contributed by atoms with Gasteiger partial charge < -0.3 is 29.5 Å². The fraction of sp³-hybridized carbons (Fsp3) is 0.419. The fourth-order valence-electron chi connectivity index (χ4n) is 4.94. The van der Waals surface area contributed by atoms with E-state index >= 15 is 4.39 Å². The van der Waals surface area contributed by atoms with Gasteiger partial charge in [-0.25, -0.2) is 14.0 Å². The Bertz CT molecular complexity index is 1670. The van der Waals surface area contributed by atoms with E-state index in [1.54, 1.807) is 51.1 Å². The van der Waals surface area contributed by atoms with E-state index in [-0.39, 0.29) is 54.8 Å². The van der Waals surface area contributed by atoms with Gasteiger partial charge in [-0.1, -0.05) is 47.6 Å². The summed E-state index contributed by atoms with van der Waals surface area (Å²) in [5, 5.41) is 9.83. The third-order valence-electron chi connectivity index (χ3n) is 7.00. The lowest BCUT2D eigenvalue weighted by atomic mass is 10.0. The molecule has 1 fully saturated rings. The van der Waals surface area contributed by atoms with E-state index in [2.05, 4.69) is 20.8 Å². The summed E-state index contributed by atoms with van der Waals surface area (Å²) in [6.07, 6.45) is -8.31. The maximum Gasteiger partial charge on any atom is 0.410 e. The van der Waals surface area contributed by atoms with Gasteiger partial charge in [0.1, 0.15) is 24.9 Å². The number of nitrogens with one attached hydrogen (secondary N) is 2. The van der Waals surface area contributed by atoms with Crippen LogP contribution in [0.5, 0.6) is 0 Å². The molecule has 0 radical (unpaired) electrons. The van der Waals surface area contributed by atoms with Crippen LogP contribution in [0.1, 0.15) is 44.2 Å². The summed E-state index contributed by atoms with van der Waals surface area (Å²) in [6, 6.07) is 13.2. The molecule has 0 bridgehead atoms. The third kappa shape index (κ3) is 8.44. The summed E-state index contributed by atoms with van der Waals surface area (Å²) in [5.41, 5.74) is 0.474. The molecule has 10 nitrogen and oxygen atoms in total. The highest BCUT2D eigenvalue weighted by atomic mass is 32.1. The van der Waals surface area contributed by atoms with Crippen LogP contribution in [0, 0.1) is 0 Å². The van der Waals surface area contributed by atoms with Crippen LogP contribution in [0.25, 0.3) is 20.8 Å². The average Bonchev–Trinajstić information content (AvgIpc) is 3.60. The van der Waals surface area contributed by atoms with E-state index in [4.69, 9.17) is 14.0 Å². The summed E-state index contributed by atoms with van der Waals surface area (Å²) in [5.74, 6) is -0.104. The number of aromatic nitrogens is 2. The zero-order valence-corrected chi connectivity index (χ0v) is 26.1. The van der Waals surface area contributed by atoms with Crippen molar-refractivity contribution >= 4 is 39.3 Å². The number of alkyl halides is 4. The van der Waals surface area contributed by atoms with Crippen LogP contribution in [-0.4, -0.2) is 64.3 Å². The molecule has 1 saturated heterocycles. The SMILES string of the molecule is CC(C)(C)OC(=O)N1CC[C@@H](Nc2cccc3c(CC(F)(F)F)c(-c4noc(CNC(=O)OCc5ccccc5)n4)sc23)[C@@H](F)C1. The van der Waals surface area contributed by atoms with Crippen LogP contribution in [0.4, 0.5) is 32.8 Å². The predicted molar refractivity (Wildman–Crippen MR) is 163 cm³/mol. The van der Waals surface area contributed by atoms with Crippen molar-refractivity contribution in [3.8, 4) is 10.7 Å². The van der Waals surface area contributed by atoms with E-state index in [0.717, 1.165) is 16.9 Å². The summed E-state index contributed by atoms with van der Waals surface area (Å²) in [7, 11) is 0. The van der Waals surface area contributed by atoms with Gasteiger partial charge in [0.15, 0.2) is 0 Å². The van der Waals surface area contributed by atoms with Gasteiger partial charge in [0.05, 0.1) is 34.3 Å². The number of halogens is 4. The molecule has 0 aliphatic carbocycles. The van der Waals surface area contributed by atoms with Crippen molar-refractivity contribution in [1.82, 2.24) is 20.4 Å². The number of ether oxygens (including phenoxy) is 2. The smallest absolute Gasteiger partial charge is 0.410 e. The van der Waals surface area contributed by atoms with Crippen LogP contribution < -0.4 is 10.6 Å². The summed E-state index contributed by atoms with van der Waals surface area (Å²) in [4.78, 5) is 30.2. The lowest BCUT2D eigenvalue weighted by Gasteiger charge is -2.36. The number of nitrogens with zero attached hydrogens (tertiary/aromatic N) is 3. The number of carbonyl (C=O) groups is 2. The molecule has 246 valence electrons. The first-order valence-electron chi connectivity index (χ1n) is 14.5. The molecule has 0 saturated carbocycles. The number of likely N-dealkylation sites (tertiary alicyclic amines) is 1. The van der Waals surface area contributed by atoms with Crippen LogP contribution in [0.15, 0.2) is 53.1 Å². The highest BCUT2D eigenvalue weighted by molar-refractivity contribution is 7.23. The largest absolute Gasteiger partial charge is 0.445 e. The molecular formula is C31H33F4N5O5S. The van der Waals surface area contributed by atoms with Gasteiger partial charge in [-0.05, 0) is 49.8 Å². The quantitative estimate of drug-likeness (QED) is 0.190. The van der Waals surface area contributed by atoms with Crippen molar-refractivity contribution in [2.24, 2.45) is 0 Å². The number of hydrogen-bond acceptors (Lipinski definition) is 9. The summed E-state index contributed by atoms with van der Waals surface area (Å²) < 4.78 is 72.7. The van der Waals surface area contributed by atoms with Crippen molar-refractivity contribution in [2.75, 3.05) is 18.4 Å². The Morgan fingerprint density at radius 2 is 1.87 bits per heavy atom. The van der Waals surface area contributed by atoms with Gasteiger partial charge in [-0.15, -0.1) is 11.3 Å². The van der Waals surface area contributed by atoms with E-state index < -0.39 is 42.6 Å². The minimum absolute atomic E-state index is 0.0301. The van der Waals surface area contributed by atoms with E-state index in [0.29, 0.717) is 15.8 Å². The molecule has 3 heterocycles. The van der Waals surface area contributed by atoms with E-state index in [9.17, 15) is 22.8 Å². The summed E-state index contributed by atoms with van der Waals surface area (Å²) >= 11 is 1.02. The first-order valence-corrected chi connectivity index (χ1v) is 15.3. The minimum Gasteiger partial charge on any atom is -0.445 e. The molecule has 0 unspecified atom stereocenters. The molecule has 15 heteroatoms. The van der Waals surface area contributed by atoms with Crippen LogP contribution in [0.3, 0.4) is 0 Å². The Hall–Kier alpha value is -4.40. The maximum absolute atomic E-state index is 15.3.